The van der Waals surface area contributed by atoms with Crippen LogP contribution in [0.5, 0.6) is 0 Å². The van der Waals surface area contributed by atoms with Gasteiger partial charge >= 0.3 is 0 Å². The van der Waals surface area contributed by atoms with Gasteiger partial charge in [-0.2, -0.15) is 0 Å². The highest BCUT2D eigenvalue weighted by Gasteiger charge is 2.20. The summed E-state index contributed by atoms with van der Waals surface area (Å²) in [5, 5.41) is 3.03. The molecule has 0 saturated carbocycles. The number of carbonyl (C=O) groups excluding carboxylic acids is 1. The second-order valence-corrected chi connectivity index (χ2v) is 5.89. The van der Waals surface area contributed by atoms with E-state index in [0.29, 0.717) is 13.0 Å². The summed E-state index contributed by atoms with van der Waals surface area (Å²) in [6.45, 7) is 4.93. The second-order valence-electron chi connectivity index (χ2n) is 5.89. The molecule has 1 amide bonds. The summed E-state index contributed by atoms with van der Waals surface area (Å²) in [6, 6.07) is 14.2. The third kappa shape index (κ3) is 4.71. The summed E-state index contributed by atoms with van der Waals surface area (Å²) < 4.78 is 0. The van der Waals surface area contributed by atoms with Gasteiger partial charge in [0.1, 0.15) is 0 Å². The van der Waals surface area contributed by atoms with Crippen molar-refractivity contribution in [3.63, 3.8) is 0 Å². The number of aromatic nitrogens is 1. The Labute approximate surface area is 126 Å². The van der Waals surface area contributed by atoms with Crippen molar-refractivity contribution < 1.29 is 4.79 Å². The van der Waals surface area contributed by atoms with Crippen molar-refractivity contribution in [1.82, 2.24) is 10.3 Å². The molecule has 0 radical (unpaired) electrons. The number of hydrogen-bond acceptors (Lipinski definition) is 2. The molecule has 21 heavy (non-hydrogen) atoms. The van der Waals surface area contributed by atoms with Crippen molar-refractivity contribution in [3.8, 4) is 0 Å². The monoisotopic (exact) mass is 282 g/mol. The summed E-state index contributed by atoms with van der Waals surface area (Å²) in [4.78, 5) is 16.0. The van der Waals surface area contributed by atoms with E-state index in [1.54, 1.807) is 12.4 Å². The Balaban J connectivity index is 1.81. The summed E-state index contributed by atoms with van der Waals surface area (Å²) in [5.41, 5.74) is 2.26. The van der Waals surface area contributed by atoms with Gasteiger partial charge in [-0.1, -0.05) is 50.2 Å². The number of pyridine rings is 1. The van der Waals surface area contributed by atoms with Crippen LogP contribution in [0.3, 0.4) is 0 Å². The first-order valence-corrected chi connectivity index (χ1v) is 7.29. The quantitative estimate of drug-likeness (QED) is 0.884. The first kappa shape index (κ1) is 15.2. The van der Waals surface area contributed by atoms with Crippen LogP contribution in [0.25, 0.3) is 0 Å². The zero-order chi connectivity index (χ0) is 15.1. The van der Waals surface area contributed by atoms with Crippen LogP contribution in [0.1, 0.15) is 31.4 Å². The number of aryl methyl sites for hydroxylation is 1. The van der Waals surface area contributed by atoms with E-state index in [9.17, 15) is 4.79 Å². The zero-order valence-corrected chi connectivity index (χ0v) is 12.7. The summed E-state index contributed by atoms with van der Waals surface area (Å²) in [5.74, 6) is 0.0860. The highest BCUT2D eigenvalue weighted by Crippen LogP contribution is 2.21. The predicted octanol–water partition coefficient (Wildman–Crippen LogP) is 3.11. The summed E-state index contributed by atoms with van der Waals surface area (Å²) in [7, 11) is 0. The molecule has 1 N–H and O–H groups in total. The third-order valence-electron chi connectivity index (χ3n) is 3.65. The van der Waals surface area contributed by atoms with Crippen molar-refractivity contribution in [3.05, 3.63) is 66.0 Å². The molecule has 110 valence electrons. The first-order valence-electron chi connectivity index (χ1n) is 7.29. The number of rotatable bonds is 6. The van der Waals surface area contributed by atoms with Crippen LogP contribution in [-0.2, 0) is 16.6 Å². The Morgan fingerprint density at radius 1 is 1.14 bits per heavy atom. The molecule has 0 bridgehead atoms. The smallest absolute Gasteiger partial charge is 0.220 e. The van der Waals surface area contributed by atoms with Crippen molar-refractivity contribution in [2.45, 2.75) is 32.1 Å². The molecule has 1 aromatic carbocycles. The highest BCUT2D eigenvalue weighted by atomic mass is 16.1. The van der Waals surface area contributed by atoms with E-state index in [4.69, 9.17) is 0 Å². The largest absolute Gasteiger partial charge is 0.355 e. The highest BCUT2D eigenvalue weighted by molar-refractivity contribution is 5.76. The summed E-state index contributed by atoms with van der Waals surface area (Å²) >= 11 is 0. The molecular weight excluding hydrogens is 260 g/mol. The second kappa shape index (κ2) is 7.02. The first-order chi connectivity index (χ1) is 10.1. The fraction of sp³-hybridized carbons (Fsp3) is 0.333. The minimum absolute atomic E-state index is 0.0643. The molecule has 1 heterocycles. The van der Waals surface area contributed by atoms with Crippen molar-refractivity contribution in [2.24, 2.45) is 0 Å². The lowest BCUT2D eigenvalue weighted by atomic mass is 9.84. The third-order valence-corrected chi connectivity index (χ3v) is 3.65. The van der Waals surface area contributed by atoms with Crippen molar-refractivity contribution in [2.75, 3.05) is 6.54 Å². The van der Waals surface area contributed by atoms with Gasteiger partial charge in [0.05, 0.1) is 0 Å². The van der Waals surface area contributed by atoms with Gasteiger partial charge in [-0.05, 0) is 23.6 Å². The van der Waals surface area contributed by atoms with Gasteiger partial charge in [0.2, 0.25) is 5.91 Å². The molecule has 3 heteroatoms. The Hall–Kier alpha value is -2.16. The number of nitrogens with one attached hydrogen (secondary N) is 1. The van der Waals surface area contributed by atoms with Crippen molar-refractivity contribution in [1.29, 1.82) is 0 Å². The van der Waals surface area contributed by atoms with E-state index in [2.05, 4.69) is 36.3 Å². The fourth-order valence-electron chi connectivity index (χ4n) is 2.20. The Morgan fingerprint density at radius 2 is 1.90 bits per heavy atom. The minimum Gasteiger partial charge on any atom is -0.355 e. The molecule has 1 aromatic heterocycles. The normalized spacial score (nSPS) is 11.1. The van der Waals surface area contributed by atoms with Gasteiger partial charge < -0.3 is 5.32 Å². The number of nitrogens with zero attached hydrogens (tertiary/aromatic N) is 1. The van der Waals surface area contributed by atoms with E-state index >= 15 is 0 Å². The lowest BCUT2D eigenvalue weighted by Gasteiger charge is -2.25. The molecule has 3 nitrogen and oxygen atoms in total. The average molecular weight is 282 g/mol. The number of benzene rings is 1. The molecule has 2 aromatic rings. The Bertz CT molecular complexity index is 564. The van der Waals surface area contributed by atoms with Gasteiger partial charge in [-0.25, -0.2) is 0 Å². The zero-order valence-electron chi connectivity index (χ0n) is 12.7. The van der Waals surface area contributed by atoms with Crippen LogP contribution in [0.2, 0.25) is 0 Å². The number of carbonyl (C=O) groups is 1. The number of hydrogen-bond donors (Lipinski definition) is 1. The van der Waals surface area contributed by atoms with E-state index < -0.39 is 0 Å². The van der Waals surface area contributed by atoms with Gasteiger partial charge in [-0.15, -0.1) is 0 Å². The van der Waals surface area contributed by atoms with E-state index in [0.717, 1.165) is 12.0 Å². The molecule has 0 spiro atoms. The topological polar surface area (TPSA) is 42.0 Å². The Morgan fingerprint density at radius 3 is 2.57 bits per heavy atom. The minimum atomic E-state index is -0.0643. The maximum atomic E-state index is 12.0. The molecule has 0 unspecified atom stereocenters. The average Bonchev–Trinajstić information content (AvgIpc) is 2.53. The maximum Gasteiger partial charge on any atom is 0.220 e. The van der Waals surface area contributed by atoms with Crippen LogP contribution in [0, 0.1) is 0 Å². The van der Waals surface area contributed by atoms with Crippen LogP contribution in [-0.4, -0.2) is 17.4 Å². The molecule has 0 aliphatic heterocycles. The van der Waals surface area contributed by atoms with E-state index in [1.807, 2.05) is 30.3 Å². The molecule has 0 aliphatic rings. The van der Waals surface area contributed by atoms with E-state index in [-0.39, 0.29) is 11.3 Å². The van der Waals surface area contributed by atoms with Crippen LogP contribution < -0.4 is 5.32 Å². The van der Waals surface area contributed by atoms with Gasteiger partial charge in [0.15, 0.2) is 0 Å². The van der Waals surface area contributed by atoms with Crippen LogP contribution >= 0.6 is 0 Å². The lowest BCUT2D eigenvalue weighted by molar-refractivity contribution is -0.121. The molecule has 2 rings (SSSR count). The lowest BCUT2D eigenvalue weighted by Crippen LogP contribution is -2.36. The molecule has 0 saturated heterocycles. The SMILES string of the molecule is CC(C)(CNC(=O)CCc1cccnc1)c1ccccc1. The number of amides is 1. The molecule has 0 aliphatic carbocycles. The molecule has 0 fully saturated rings. The van der Waals surface area contributed by atoms with Crippen LogP contribution in [0.4, 0.5) is 0 Å². The van der Waals surface area contributed by atoms with Crippen LogP contribution in [0.15, 0.2) is 54.9 Å². The van der Waals surface area contributed by atoms with Gasteiger partial charge in [0.25, 0.3) is 0 Å². The van der Waals surface area contributed by atoms with E-state index in [1.165, 1.54) is 5.56 Å². The Kier molecular flexibility index (Phi) is 5.09. The van der Waals surface area contributed by atoms with Gasteiger partial charge in [0, 0.05) is 30.8 Å². The predicted molar refractivity (Wildman–Crippen MR) is 85.0 cm³/mol. The van der Waals surface area contributed by atoms with Crippen molar-refractivity contribution >= 4 is 5.91 Å². The molecular formula is C18H22N2O. The fourth-order valence-corrected chi connectivity index (χ4v) is 2.20. The summed E-state index contributed by atoms with van der Waals surface area (Å²) in [6.07, 6.45) is 4.77. The van der Waals surface area contributed by atoms with Gasteiger partial charge in [-0.3, -0.25) is 9.78 Å². The standard InChI is InChI=1S/C18H22N2O/c1-18(2,16-8-4-3-5-9-16)14-20-17(21)11-10-15-7-6-12-19-13-15/h3-9,12-13H,10-11,14H2,1-2H3,(H,20,21). The molecule has 0 atom stereocenters. The maximum absolute atomic E-state index is 12.0.